The Balaban J connectivity index is 2.55. The highest BCUT2D eigenvalue weighted by Crippen LogP contribution is 2.10. The average Bonchev–Trinajstić information content (AvgIpc) is 2.50. The van der Waals surface area contributed by atoms with Gasteiger partial charge in [0.05, 0.1) is 11.3 Å². The van der Waals surface area contributed by atoms with Gasteiger partial charge in [-0.05, 0) is 31.0 Å². The van der Waals surface area contributed by atoms with Crippen LogP contribution in [0.15, 0.2) is 24.3 Å². The van der Waals surface area contributed by atoms with Crippen LogP contribution >= 0.6 is 0 Å². The molecule has 0 bridgehead atoms. The van der Waals surface area contributed by atoms with Gasteiger partial charge in [0.1, 0.15) is 0 Å². The molecule has 1 atom stereocenters. The van der Waals surface area contributed by atoms with Crippen LogP contribution in [0.2, 0.25) is 0 Å². The first-order valence-corrected chi connectivity index (χ1v) is 9.71. The highest BCUT2D eigenvalue weighted by Gasteiger charge is 2.14. The quantitative estimate of drug-likeness (QED) is 0.692. The van der Waals surface area contributed by atoms with Gasteiger partial charge in [0.25, 0.3) is 5.91 Å². The Kier molecular flexibility index (Phi) is 7.56. The van der Waals surface area contributed by atoms with Crippen molar-refractivity contribution >= 4 is 27.7 Å². The first-order chi connectivity index (χ1) is 11.6. The van der Waals surface area contributed by atoms with Crippen molar-refractivity contribution in [2.45, 2.75) is 32.1 Å². The number of hydrogen-bond donors (Lipinski definition) is 2. The molecular weight excluding hydrogens is 348 g/mol. The molecule has 0 spiro atoms. The topological polar surface area (TPSA) is 119 Å². The number of urea groups is 1. The van der Waals surface area contributed by atoms with Gasteiger partial charge in [-0.3, -0.25) is 10.1 Å². The average molecular weight is 370 g/mol. The molecule has 0 heterocycles. The molecule has 0 aliphatic carbocycles. The van der Waals surface area contributed by atoms with Gasteiger partial charge < -0.3 is 10.1 Å². The van der Waals surface area contributed by atoms with E-state index in [1.54, 1.807) is 13.0 Å². The standard InChI is InChI=1S/C16H22N2O6S/c1-4-11(2)17-16(21)18-14(19)9-24-15(20)13-7-5-6-12(8-13)10-25(3,22)23/h5-8,11H,4,9-10H2,1-3H3,(H2,17,18,19,21)/t11-/m0/s1. The molecule has 25 heavy (non-hydrogen) atoms. The molecule has 1 aromatic carbocycles. The minimum atomic E-state index is -3.23. The number of ether oxygens (including phenoxy) is 1. The Morgan fingerprint density at radius 3 is 2.52 bits per heavy atom. The van der Waals surface area contributed by atoms with Gasteiger partial charge >= 0.3 is 12.0 Å². The van der Waals surface area contributed by atoms with E-state index >= 15 is 0 Å². The van der Waals surface area contributed by atoms with Gasteiger partial charge in [-0.2, -0.15) is 0 Å². The second-order valence-corrected chi connectivity index (χ2v) is 7.82. The molecule has 0 saturated heterocycles. The molecule has 0 aliphatic rings. The molecule has 1 aromatic rings. The molecular formula is C16H22N2O6S. The van der Waals surface area contributed by atoms with Crippen molar-refractivity contribution in [2.24, 2.45) is 0 Å². The summed E-state index contributed by atoms with van der Waals surface area (Å²) >= 11 is 0. The SMILES string of the molecule is CC[C@H](C)NC(=O)NC(=O)COC(=O)c1cccc(CS(C)(=O)=O)c1. The molecule has 0 fully saturated rings. The van der Waals surface area contributed by atoms with E-state index in [0.717, 1.165) is 6.26 Å². The van der Waals surface area contributed by atoms with Crippen LogP contribution in [0.3, 0.4) is 0 Å². The summed E-state index contributed by atoms with van der Waals surface area (Å²) in [5.74, 6) is -1.75. The van der Waals surface area contributed by atoms with Crippen LogP contribution in [0.25, 0.3) is 0 Å². The van der Waals surface area contributed by atoms with E-state index in [2.05, 4.69) is 5.32 Å². The fourth-order valence-corrected chi connectivity index (χ4v) is 2.61. The van der Waals surface area contributed by atoms with Crippen molar-refractivity contribution in [1.29, 1.82) is 0 Å². The highest BCUT2D eigenvalue weighted by atomic mass is 32.2. The Bertz CT molecular complexity index is 745. The van der Waals surface area contributed by atoms with Crippen LogP contribution in [0.5, 0.6) is 0 Å². The minimum absolute atomic E-state index is 0.0899. The van der Waals surface area contributed by atoms with Crippen molar-refractivity contribution in [3.05, 3.63) is 35.4 Å². The van der Waals surface area contributed by atoms with E-state index in [1.807, 2.05) is 12.2 Å². The molecule has 0 aliphatic heterocycles. The maximum Gasteiger partial charge on any atom is 0.338 e. The van der Waals surface area contributed by atoms with Crippen molar-refractivity contribution in [3.8, 4) is 0 Å². The minimum Gasteiger partial charge on any atom is -0.452 e. The molecule has 0 saturated carbocycles. The lowest BCUT2D eigenvalue weighted by Crippen LogP contribution is -2.44. The van der Waals surface area contributed by atoms with Crippen molar-refractivity contribution < 1.29 is 27.5 Å². The number of esters is 1. The largest absolute Gasteiger partial charge is 0.452 e. The van der Waals surface area contributed by atoms with E-state index in [9.17, 15) is 22.8 Å². The second-order valence-electron chi connectivity index (χ2n) is 5.68. The third kappa shape index (κ3) is 8.30. The number of imide groups is 1. The van der Waals surface area contributed by atoms with Crippen LogP contribution in [0.1, 0.15) is 36.2 Å². The normalized spacial score (nSPS) is 12.1. The van der Waals surface area contributed by atoms with Gasteiger partial charge in [0.2, 0.25) is 0 Å². The second kappa shape index (κ2) is 9.16. The number of hydrogen-bond acceptors (Lipinski definition) is 6. The molecule has 3 amide bonds. The zero-order valence-electron chi connectivity index (χ0n) is 14.4. The number of carbonyl (C=O) groups is 3. The van der Waals surface area contributed by atoms with E-state index in [-0.39, 0.29) is 17.4 Å². The third-order valence-corrected chi connectivity index (χ3v) is 4.03. The van der Waals surface area contributed by atoms with Crippen LogP contribution in [-0.2, 0) is 25.1 Å². The summed E-state index contributed by atoms with van der Waals surface area (Å²) in [5, 5.41) is 4.59. The zero-order chi connectivity index (χ0) is 19.0. The van der Waals surface area contributed by atoms with Crippen molar-refractivity contribution in [3.63, 3.8) is 0 Å². The number of rotatable bonds is 7. The number of carbonyl (C=O) groups excluding carboxylic acids is 3. The maximum absolute atomic E-state index is 11.9. The Morgan fingerprint density at radius 1 is 1.24 bits per heavy atom. The van der Waals surface area contributed by atoms with Gasteiger partial charge in [-0.1, -0.05) is 19.1 Å². The first kappa shape index (κ1) is 20.6. The van der Waals surface area contributed by atoms with E-state index < -0.39 is 34.4 Å². The van der Waals surface area contributed by atoms with Crippen LogP contribution < -0.4 is 10.6 Å². The fourth-order valence-electron chi connectivity index (χ4n) is 1.83. The predicted molar refractivity (Wildman–Crippen MR) is 91.7 cm³/mol. The van der Waals surface area contributed by atoms with Gasteiger partial charge in [0.15, 0.2) is 16.4 Å². The first-order valence-electron chi connectivity index (χ1n) is 7.65. The molecule has 9 heteroatoms. The molecule has 0 unspecified atom stereocenters. The van der Waals surface area contributed by atoms with Gasteiger partial charge in [0, 0.05) is 12.3 Å². The predicted octanol–water partition coefficient (Wildman–Crippen LogP) is 1.01. The molecule has 2 N–H and O–H groups in total. The van der Waals surface area contributed by atoms with E-state index in [0.29, 0.717) is 12.0 Å². The highest BCUT2D eigenvalue weighted by molar-refractivity contribution is 7.89. The summed E-state index contributed by atoms with van der Waals surface area (Å²) < 4.78 is 27.4. The lowest BCUT2D eigenvalue weighted by atomic mass is 10.1. The molecule has 0 aromatic heterocycles. The summed E-state index contributed by atoms with van der Waals surface area (Å²) in [6.45, 7) is 3.04. The molecule has 138 valence electrons. The zero-order valence-corrected chi connectivity index (χ0v) is 15.2. The summed E-state index contributed by atoms with van der Waals surface area (Å²) in [5.41, 5.74) is 0.562. The van der Waals surface area contributed by atoms with Crippen LogP contribution in [0.4, 0.5) is 4.79 Å². The van der Waals surface area contributed by atoms with Gasteiger partial charge in [-0.15, -0.1) is 0 Å². The monoisotopic (exact) mass is 370 g/mol. The van der Waals surface area contributed by atoms with Crippen molar-refractivity contribution in [1.82, 2.24) is 10.6 Å². The van der Waals surface area contributed by atoms with Crippen LogP contribution in [-0.4, -0.2) is 45.2 Å². The molecule has 1 rings (SSSR count). The number of benzene rings is 1. The molecule has 0 radical (unpaired) electrons. The number of nitrogens with one attached hydrogen (secondary N) is 2. The summed E-state index contributed by atoms with van der Waals surface area (Å²) in [6, 6.07) is 5.18. The number of amides is 3. The smallest absolute Gasteiger partial charge is 0.338 e. The summed E-state index contributed by atoms with van der Waals surface area (Å²) in [4.78, 5) is 35.0. The Labute approximate surface area is 146 Å². The Morgan fingerprint density at radius 2 is 1.92 bits per heavy atom. The van der Waals surface area contributed by atoms with Crippen LogP contribution in [0, 0.1) is 0 Å². The van der Waals surface area contributed by atoms with Gasteiger partial charge in [-0.25, -0.2) is 18.0 Å². The fraction of sp³-hybridized carbons (Fsp3) is 0.438. The Hall–Kier alpha value is -2.42. The third-order valence-electron chi connectivity index (χ3n) is 3.17. The maximum atomic E-state index is 11.9. The molecule has 8 nitrogen and oxygen atoms in total. The summed E-state index contributed by atoms with van der Waals surface area (Å²) in [7, 11) is -3.23. The van der Waals surface area contributed by atoms with E-state index in [4.69, 9.17) is 4.74 Å². The lowest BCUT2D eigenvalue weighted by Gasteiger charge is -2.11. The van der Waals surface area contributed by atoms with Crippen molar-refractivity contribution in [2.75, 3.05) is 12.9 Å². The lowest BCUT2D eigenvalue weighted by molar-refractivity contribution is -0.123. The van der Waals surface area contributed by atoms with E-state index in [1.165, 1.54) is 18.2 Å². The summed E-state index contributed by atoms with van der Waals surface area (Å²) in [6.07, 6.45) is 1.80. The number of sulfone groups is 1.